The van der Waals surface area contributed by atoms with Crippen LogP contribution in [-0.2, 0) is 14.8 Å². The molecule has 2 heterocycles. The van der Waals surface area contributed by atoms with Crippen LogP contribution in [0.2, 0.25) is 0 Å². The maximum Gasteiger partial charge on any atom is 0.244 e. The first-order valence-electron chi connectivity index (χ1n) is 6.11. The van der Waals surface area contributed by atoms with Crippen molar-refractivity contribution in [2.45, 2.75) is 23.8 Å². The Bertz CT molecular complexity index is 604. The first-order chi connectivity index (χ1) is 9.44. The van der Waals surface area contributed by atoms with Gasteiger partial charge < -0.3 is 10.3 Å². The quantitative estimate of drug-likeness (QED) is 0.498. The van der Waals surface area contributed by atoms with Crippen molar-refractivity contribution >= 4 is 21.6 Å². The van der Waals surface area contributed by atoms with Gasteiger partial charge in [0.2, 0.25) is 15.9 Å². The highest BCUT2D eigenvalue weighted by Gasteiger charge is 2.28. The summed E-state index contributed by atoms with van der Waals surface area (Å²) < 4.78 is 27.2. The van der Waals surface area contributed by atoms with E-state index in [0.29, 0.717) is 19.4 Å². The number of sulfonamides is 1. The van der Waals surface area contributed by atoms with Gasteiger partial charge in [-0.15, -0.1) is 0 Å². The molecule has 8 nitrogen and oxygen atoms in total. The Morgan fingerprint density at radius 2 is 2.25 bits per heavy atom. The Hall–Kier alpha value is -1.71. The number of carbonyl (C=O) groups is 1. The van der Waals surface area contributed by atoms with Gasteiger partial charge >= 0.3 is 0 Å². The Balaban J connectivity index is 2.17. The van der Waals surface area contributed by atoms with E-state index in [1.807, 2.05) is 0 Å². The predicted octanol–water partition coefficient (Wildman–Crippen LogP) is -0.734. The lowest BCUT2D eigenvalue weighted by atomic mass is 10.1. The summed E-state index contributed by atoms with van der Waals surface area (Å²) in [4.78, 5) is 16.7. The van der Waals surface area contributed by atoms with E-state index in [1.54, 1.807) is 7.05 Å². The van der Waals surface area contributed by atoms with Gasteiger partial charge in [-0.2, -0.15) is 0 Å². The Morgan fingerprint density at radius 3 is 2.90 bits per heavy atom. The standard InChI is InChI=1S/C11H17N5O3S/c1-16-7-8(2-3-11(16)17)15-20(18,19)10-6-13-5-4-9(10)14-12/h4-6,8,15H,2-3,7,12H2,1H3,(H,13,14). The van der Waals surface area contributed by atoms with Crippen molar-refractivity contribution in [2.75, 3.05) is 19.0 Å². The lowest BCUT2D eigenvalue weighted by molar-refractivity contribution is -0.132. The highest BCUT2D eigenvalue weighted by molar-refractivity contribution is 7.89. The SMILES string of the molecule is CN1CC(NS(=O)(=O)c2cnccc2NN)CCC1=O. The fourth-order valence-corrected chi connectivity index (χ4v) is 3.48. The average molecular weight is 299 g/mol. The van der Waals surface area contributed by atoms with Crippen molar-refractivity contribution in [3.63, 3.8) is 0 Å². The van der Waals surface area contributed by atoms with E-state index in [0.717, 1.165) is 0 Å². The van der Waals surface area contributed by atoms with Crippen LogP contribution in [0.3, 0.4) is 0 Å². The second-order valence-electron chi connectivity index (χ2n) is 4.65. The van der Waals surface area contributed by atoms with Crippen LogP contribution in [-0.4, -0.2) is 43.8 Å². The molecule has 2 rings (SSSR count). The molecule has 1 fully saturated rings. The molecule has 1 saturated heterocycles. The van der Waals surface area contributed by atoms with Crippen LogP contribution in [0.15, 0.2) is 23.4 Å². The van der Waals surface area contributed by atoms with E-state index in [9.17, 15) is 13.2 Å². The normalized spacial score (nSPS) is 20.0. The number of hydrogen-bond donors (Lipinski definition) is 3. The van der Waals surface area contributed by atoms with Crippen LogP contribution in [0.1, 0.15) is 12.8 Å². The summed E-state index contributed by atoms with van der Waals surface area (Å²) >= 11 is 0. The zero-order chi connectivity index (χ0) is 14.8. The highest BCUT2D eigenvalue weighted by Crippen LogP contribution is 2.20. The number of nitrogens with two attached hydrogens (primary N) is 1. The fourth-order valence-electron chi connectivity index (χ4n) is 2.10. The summed E-state index contributed by atoms with van der Waals surface area (Å²) in [7, 11) is -2.08. The predicted molar refractivity (Wildman–Crippen MR) is 73.0 cm³/mol. The lowest BCUT2D eigenvalue weighted by Gasteiger charge is -2.30. The van der Waals surface area contributed by atoms with Gasteiger partial charge in [0.05, 0.1) is 5.69 Å². The van der Waals surface area contributed by atoms with E-state index in [1.165, 1.54) is 23.4 Å². The number of pyridine rings is 1. The summed E-state index contributed by atoms with van der Waals surface area (Å²) in [6.07, 6.45) is 3.49. The van der Waals surface area contributed by atoms with Gasteiger partial charge in [0.15, 0.2) is 0 Å². The Labute approximate surface area is 117 Å². The van der Waals surface area contributed by atoms with Crippen LogP contribution >= 0.6 is 0 Å². The molecule has 0 saturated carbocycles. The molecule has 1 amide bonds. The molecule has 0 spiro atoms. The number of carbonyl (C=O) groups excluding carboxylic acids is 1. The monoisotopic (exact) mass is 299 g/mol. The van der Waals surface area contributed by atoms with Crippen molar-refractivity contribution in [1.29, 1.82) is 0 Å². The van der Waals surface area contributed by atoms with E-state index in [4.69, 9.17) is 5.84 Å². The van der Waals surface area contributed by atoms with Crippen LogP contribution in [0.25, 0.3) is 0 Å². The number of likely N-dealkylation sites (N-methyl/N-ethyl adjacent to an activating group) is 1. The van der Waals surface area contributed by atoms with Gasteiger partial charge in [0.25, 0.3) is 0 Å². The molecular formula is C11H17N5O3S. The van der Waals surface area contributed by atoms with Gasteiger partial charge in [0.1, 0.15) is 4.90 Å². The van der Waals surface area contributed by atoms with Crippen LogP contribution < -0.4 is 16.0 Å². The molecule has 1 aliphatic heterocycles. The zero-order valence-electron chi connectivity index (χ0n) is 11.0. The molecule has 1 atom stereocenters. The molecule has 0 aliphatic carbocycles. The molecule has 0 aromatic carbocycles. The van der Waals surface area contributed by atoms with Gasteiger partial charge in [-0.1, -0.05) is 0 Å². The highest BCUT2D eigenvalue weighted by atomic mass is 32.2. The molecule has 1 aromatic rings. The van der Waals surface area contributed by atoms with Crippen molar-refractivity contribution in [3.05, 3.63) is 18.5 Å². The van der Waals surface area contributed by atoms with E-state index in [-0.39, 0.29) is 22.5 Å². The minimum absolute atomic E-state index is 0.0120. The van der Waals surface area contributed by atoms with E-state index < -0.39 is 10.0 Å². The molecule has 110 valence electrons. The number of nitrogens with one attached hydrogen (secondary N) is 2. The number of piperidine rings is 1. The number of anilines is 1. The molecule has 1 aromatic heterocycles. The summed E-state index contributed by atoms with van der Waals surface area (Å²) in [5.74, 6) is 5.32. The lowest BCUT2D eigenvalue weighted by Crippen LogP contribution is -2.48. The maximum atomic E-state index is 12.3. The summed E-state index contributed by atoms with van der Waals surface area (Å²) in [6.45, 7) is 0.351. The summed E-state index contributed by atoms with van der Waals surface area (Å²) in [6, 6.07) is 1.17. The second-order valence-corrected chi connectivity index (χ2v) is 6.33. The molecule has 0 radical (unpaired) electrons. The Kier molecular flexibility index (Phi) is 4.21. The first-order valence-corrected chi connectivity index (χ1v) is 7.59. The third kappa shape index (κ3) is 3.06. The van der Waals surface area contributed by atoms with Crippen LogP contribution in [0.5, 0.6) is 0 Å². The number of nitrogens with zero attached hydrogens (tertiary/aromatic N) is 2. The van der Waals surface area contributed by atoms with Gasteiger partial charge in [-0.3, -0.25) is 15.6 Å². The molecule has 0 bridgehead atoms. The fraction of sp³-hybridized carbons (Fsp3) is 0.455. The van der Waals surface area contributed by atoms with Crippen molar-refractivity contribution in [3.8, 4) is 0 Å². The van der Waals surface area contributed by atoms with Crippen LogP contribution in [0.4, 0.5) is 5.69 Å². The smallest absolute Gasteiger partial charge is 0.244 e. The van der Waals surface area contributed by atoms with Gasteiger partial charge in [-0.05, 0) is 12.5 Å². The summed E-state index contributed by atoms with van der Waals surface area (Å²) in [5, 5.41) is 0. The van der Waals surface area contributed by atoms with E-state index in [2.05, 4.69) is 15.1 Å². The number of rotatable bonds is 4. The number of amides is 1. The molecule has 20 heavy (non-hydrogen) atoms. The van der Waals surface area contributed by atoms with Crippen molar-refractivity contribution in [2.24, 2.45) is 5.84 Å². The molecule has 1 unspecified atom stereocenters. The average Bonchev–Trinajstić information content (AvgIpc) is 2.42. The first kappa shape index (κ1) is 14.7. The summed E-state index contributed by atoms with van der Waals surface area (Å²) in [5.41, 5.74) is 2.60. The third-order valence-electron chi connectivity index (χ3n) is 3.18. The molecular weight excluding hydrogens is 282 g/mol. The minimum Gasteiger partial charge on any atom is -0.344 e. The molecule has 4 N–H and O–H groups in total. The van der Waals surface area contributed by atoms with Crippen molar-refractivity contribution in [1.82, 2.24) is 14.6 Å². The number of hydrazine groups is 1. The maximum absolute atomic E-state index is 12.3. The van der Waals surface area contributed by atoms with E-state index >= 15 is 0 Å². The second kappa shape index (κ2) is 5.73. The minimum atomic E-state index is -3.74. The number of aromatic nitrogens is 1. The number of hydrogen-bond acceptors (Lipinski definition) is 6. The molecule has 9 heteroatoms. The number of likely N-dealkylation sites (tertiary alicyclic amines) is 1. The third-order valence-corrected chi connectivity index (χ3v) is 4.73. The van der Waals surface area contributed by atoms with Gasteiger partial charge in [0, 0.05) is 38.4 Å². The Morgan fingerprint density at radius 1 is 1.50 bits per heavy atom. The zero-order valence-corrected chi connectivity index (χ0v) is 11.9. The van der Waals surface area contributed by atoms with Crippen molar-refractivity contribution < 1.29 is 13.2 Å². The van der Waals surface area contributed by atoms with Gasteiger partial charge in [-0.25, -0.2) is 13.1 Å². The molecule has 1 aliphatic rings. The number of nitrogen functional groups attached to an aromatic ring is 1. The largest absolute Gasteiger partial charge is 0.344 e. The van der Waals surface area contributed by atoms with Crippen LogP contribution in [0, 0.1) is 0 Å². The topological polar surface area (TPSA) is 117 Å².